The molecule has 5 heteroatoms. The van der Waals surface area contributed by atoms with Crippen molar-refractivity contribution >= 4 is 5.71 Å². The highest BCUT2D eigenvalue weighted by Crippen LogP contribution is 2.23. The maximum Gasteiger partial charge on any atom is 0.124 e. The Balaban J connectivity index is 0.00000242. The normalized spacial score (nSPS) is 16.2. The first-order valence-corrected chi connectivity index (χ1v) is 7.48. The summed E-state index contributed by atoms with van der Waals surface area (Å²) in [5, 5.41) is 25.5. The summed E-state index contributed by atoms with van der Waals surface area (Å²) in [6, 6.07) is 5.50. The van der Waals surface area contributed by atoms with Gasteiger partial charge in [0.05, 0.1) is 19.4 Å². The summed E-state index contributed by atoms with van der Waals surface area (Å²) in [5.41, 5.74) is 2.22. The van der Waals surface area contributed by atoms with Crippen molar-refractivity contribution in [2.45, 2.75) is 39.7 Å². The summed E-state index contributed by atoms with van der Waals surface area (Å²) in [7, 11) is 1.58. The van der Waals surface area contributed by atoms with E-state index in [1.807, 2.05) is 12.1 Å². The van der Waals surface area contributed by atoms with Crippen LogP contribution in [0, 0.1) is 5.92 Å². The van der Waals surface area contributed by atoms with Gasteiger partial charge < -0.3 is 20.4 Å². The van der Waals surface area contributed by atoms with Crippen molar-refractivity contribution in [3.05, 3.63) is 29.3 Å². The molecule has 0 bridgehead atoms. The van der Waals surface area contributed by atoms with Gasteiger partial charge in [0.1, 0.15) is 5.75 Å². The first-order valence-electron chi connectivity index (χ1n) is 7.48. The van der Waals surface area contributed by atoms with Crippen LogP contribution in [0.1, 0.15) is 44.2 Å². The molecule has 5 nitrogen and oxygen atoms in total. The maximum atomic E-state index is 9.37. The first-order chi connectivity index (χ1) is 10.3. The van der Waals surface area contributed by atoms with Crippen LogP contribution in [0.5, 0.6) is 5.75 Å². The number of nitrogens with zero attached hydrogens (tertiary/aromatic N) is 1. The molecule has 0 aliphatic carbocycles. The smallest absolute Gasteiger partial charge is 0.124 e. The van der Waals surface area contributed by atoms with Gasteiger partial charge in [-0.05, 0) is 68.5 Å². The van der Waals surface area contributed by atoms with Crippen LogP contribution in [0.2, 0.25) is 0 Å². The largest absolute Gasteiger partial charge is 0.496 e. The van der Waals surface area contributed by atoms with E-state index in [0.717, 1.165) is 31.5 Å². The van der Waals surface area contributed by atoms with E-state index >= 15 is 0 Å². The topological polar surface area (TPSA) is 74.1 Å². The molecule has 1 saturated heterocycles. The predicted octanol–water partition coefficient (Wildman–Crippen LogP) is 2.78. The van der Waals surface area contributed by atoms with Gasteiger partial charge in [-0.3, -0.25) is 0 Å². The lowest BCUT2D eigenvalue weighted by molar-refractivity contribution is 0.273. The molecule has 3 N–H and O–H groups in total. The number of benzene rings is 1. The molecule has 0 radical (unpaired) electrons. The molecule has 2 rings (SSSR count). The number of piperidine rings is 1. The fourth-order valence-electron chi connectivity index (χ4n) is 2.84. The predicted molar refractivity (Wildman–Crippen MR) is 88.8 cm³/mol. The number of rotatable bonds is 6. The van der Waals surface area contributed by atoms with Crippen LogP contribution in [0.3, 0.4) is 0 Å². The third-order valence-electron chi connectivity index (χ3n) is 4.15. The van der Waals surface area contributed by atoms with E-state index in [0.29, 0.717) is 22.9 Å². The molecule has 0 saturated carbocycles. The molecule has 1 fully saturated rings. The Morgan fingerprint density at radius 2 is 2.09 bits per heavy atom. The molecule has 1 aromatic carbocycles. The van der Waals surface area contributed by atoms with Gasteiger partial charge in [-0.25, -0.2) is 0 Å². The minimum atomic E-state index is -0.0932. The van der Waals surface area contributed by atoms with Crippen molar-refractivity contribution in [3.8, 4) is 5.75 Å². The molecule has 0 amide bonds. The van der Waals surface area contributed by atoms with Gasteiger partial charge in [-0.1, -0.05) is 12.6 Å². The molecule has 124 valence electrons. The average molecular weight is 308 g/mol. The van der Waals surface area contributed by atoms with Crippen molar-refractivity contribution in [3.63, 3.8) is 0 Å². The molecule has 0 spiro atoms. The lowest BCUT2D eigenvalue weighted by Crippen LogP contribution is -2.28. The second-order valence-electron chi connectivity index (χ2n) is 5.46. The van der Waals surface area contributed by atoms with Gasteiger partial charge in [0.15, 0.2) is 0 Å². The zero-order chi connectivity index (χ0) is 15.1. The standard InChI is InChI=1S/C16H24N2O3.CH4/c1-21-16-5-3-13(10-14(16)11-19)15(18-20)4-2-12-6-8-17-9-7-12;/h3,5,10,12,17,19-20H,2,4,6-9,11H2,1H3;1H4/b18-15-;. The second-order valence-corrected chi connectivity index (χ2v) is 5.46. The number of nitrogens with one attached hydrogen (secondary N) is 1. The van der Waals surface area contributed by atoms with Crippen molar-refractivity contribution in [1.82, 2.24) is 5.32 Å². The van der Waals surface area contributed by atoms with Crippen molar-refractivity contribution in [2.75, 3.05) is 20.2 Å². The first kappa shape index (κ1) is 18.5. The molecule has 1 aliphatic rings. The van der Waals surface area contributed by atoms with Crippen LogP contribution in [0.25, 0.3) is 0 Å². The van der Waals surface area contributed by atoms with E-state index in [-0.39, 0.29) is 14.0 Å². The second kappa shape index (κ2) is 9.43. The Kier molecular flexibility index (Phi) is 7.91. The van der Waals surface area contributed by atoms with Crippen LogP contribution in [-0.4, -0.2) is 36.2 Å². The number of hydrogen-bond acceptors (Lipinski definition) is 5. The highest BCUT2D eigenvalue weighted by Gasteiger charge is 2.15. The van der Waals surface area contributed by atoms with Crippen LogP contribution in [-0.2, 0) is 6.61 Å². The van der Waals surface area contributed by atoms with Gasteiger partial charge in [0.25, 0.3) is 0 Å². The van der Waals surface area contributed by atoms with E-state index in [1.165, 1.54) is 12.8 Å². The molecular formula is C17H28N2O3. The lowest BCUT2D eigenvalue weighted by Gasteiger charge is -2.22. The summed E-state index contributed by atoms with van der Waals surface area (Å²) in [5.74, 6) is 1.34. The van der Waals surface area contributed by atoms with Gasteiger partial charge in [0, 0.05) is 5.56 Å². The summed E-state index contributed by atoms with van der Waals surface area (Å²) in [6.07, 6.45) is 4.15. The third-order valence-corrected chi connectivity index (χ3v) is 4.15. The van der Waals surface area contributed by atoms with Gasteiger partial charge in [-0.2, -0.15) is 0 Å². The number of oxime groups is 1. The van der Waals surface area contributed by atoms with E-state index in [2.05, 4.69) is 10.5 Å². The lowest BCUT2D eigenvalue weighted by atomic mass is 9.90. The highest BCUT2D eigenvalue weighted by atomic mass is 16.5. The Morgan fingerprint density at radius 3 is 2.68 bits per heavy atom. The van der Waals surface area contributed by atoms with Crippen LogP contribution >= 0.6 is 0 Å². The average Bonchev–Trinajstić information content (AvgIpc) is 2.56. The zero-order valence-corrected chi connectivity index (χ0v) is 12.5. The van der Waals surface area contributed by atoms with Crippen molar-refractivity contribution in [1.29, 1.82) is 0 Å². The molecule has 22 heavy (non-hydrogen) atoms. The monoisotopic (exact) mass is 308 g/mol. The number of hydrogen-bond donors (Lipinski definition) is 3. The number of ether oxygens (including phenoxy) is 1. The minimum Gasteiger partial charge on any atom is -0.496 e. The Labute approximate surface area is 133 Å². The molecule has 0 aromatic heterocycles. The van der Waals surface area contributed by atoms with Crippen molar-refractivity contribution in [2.24, 2.45) is 11.1 Å². The SMILES string of the molecule is C.COc1ccc(/C(CCC2CCNCC2)=N\O)cc1CO. The number of aliphatic hydroxyl groups is 1. The third kappa shape index (κ3) is 4.71. The van der Waals surface area contributed by atoms with Crippen LogP contribution in [0.4, 0.5) is 0 Å². The highest BCUT2D eigenvalue weighted by molar-refractivity contribution is 6.00. The quantitative estimate of drug-likeness (QED) is 0.429. The van der Waals surface area contributed by atoms with E-state index in [1.54, 1.807) is 13.2 Å². The van der Waals surface area contributed by atoms with Crippen LogP contribution < -0.4 is 10.1 Å². The summed E-state index contributed by atoms with van der Waals surface area (Å²) in [6.45, 7) is 2.06. The molecule has 0 atom stereocenters. The molecular weight excluding hydrogens is 280 g/mol. The fraction of sp³-hybridized carbons (Fsp3) is 0.588. The van der Waals surface area contributed by atoms with E-state index in [4.69, 9.17) is 4.74 Å². The van der Waals surface area contributed by atoms with Crippen LogP contribution in [0.15, 0.2) is 23.4 Å². The number of methoxy groups -OCH3 is 1. The van der Waals surface area contributed by atoms with Crippen molar-refractivity contribution < 1.29 is 15.1 Å². The molecule has 1 aliphatic heterocycles. The molecule has 1 heterocycles. The van der Waals surface area contributed by atoms with Gasteiger partial charge in [-0.15, -0.1) is 0 Å². The minimum absolute atomic E-state index is 0. The Morgan fingerprint density at radius 1 is 1.36 bits per heavy atom. The molecule has 0 unspecified atom stereocenters. The van der Waals surface area contributed by atoms with E-state index in [9.17, 15) is 10.3 Å². The summed E-state index contributed by atoms with van der Waals surface area (Å²) < 4.78 is 5.19. The number of aliphatic hydroxyl groups excluding tert-OH is 1. The molecule has 1 aromatic rings. The van der Waals surface area contributed by atoms with Gasteiger partial charge >= 0.3 is 0 Å². The Hall–Kier alpha value is -1.59. The maximum absolute atomic E-state index is 9.37. The summed E-state index contributed by atoms with van der Waals surface area (Å²) in [4.78, 5) is 0. The van der Waals surface area contributed by atoms with Gasteiger partial charge in [0.2, 0.25) is 0 Å². The summed E-state index contributed by atoms with van der Waals surface area (Å²) >= 11 is 0. The Bertz CT molecular complexity index is 483. The zero-order valence-electron chi connectivity index (χ0n) is 12.5. The van der Waals surface area contributed by atoms with E-state index < -0.39 is 0 Å². The fourth-order valence-corrected chi connectivity index (χ4v) is 2.84.